The van der Waals surface area contributed by atoms with Gasteiger partial charge in [0, 0.05) is 0 Å². The molecular formula is C10H8ClN3O2. The summed E-state index contributed by atoms with van der Waals surface area (Å²) < 4.78 is 0. The fraction of sp³-hybridized carbons (Fsp3) is 0.100. The van der Waals surface area contributed by atoms with E-state index in [9.17, 15) is 9.59 Å². The maximum Gasteiger partial charge on any atom is 0.260 e. The molecule has 0 bridgehead atoms. The number of benzene rings is 1. The Morgan fingerprint density at radius 3 is 3.06 bits per heavy atom. The fourth-order valence-corrected chi connectivity index (χ4v) is 1.47. The quantitative estimate of drug-likeness (QED) is 0.768. The average Bonchev–Trinajstić information content (AvgIpc) is 2.29. The molecule has 0 aliphatic carbocycles. The van der Waals surface area contributed by atoms with E-state index in [4.69, 9.17) is 11.6 Å². The molecule has 2 rings (SSSR count). The first kappa shape index (κ1) is 10.6. The minimum Gasteiger partial charge on any atom is -0.324 e. The minimum atomic E-state index is -0.364. The summed E-state index contributed by atoms with van der Waals surface area (Å²) in [6.07, 6.45) is 1.32. The summed E-state index contributed by atoms with van der Waals surface area (Å²) >= 11 is 5.38. The van der Waals surface area contributed by atoms with Gasteiger partial charge in [0.1, 0.15) is 5.88 Å². The summed E-state index contributed by atoms with van der Waals surface area (Å²) in [5.41, 5.74) is 0.643. The Hall–Kier alpha value is -1.88. The number of anilines is 1. The summed E-state index contributed by atoms with van der Waals surface area (Å²) in [6, 6.07) is 5.03. The normalized spacial score (nSPS) is 10.3. The molecular weight excluding hydrogens is 230 g/mol. The predicted octanol–water partition coefficient (Wildman–Crippen LogP) is 1.10. The van der Waals surface area contributed by atoms with Crippen molar-refractivity contribution < 1.29 is 4.79 Å². The Morgan fingerprint density at radius 1 is 1.50 bits per heavy atom. The van der Waals surface area contributed by atoms with Crippen molar-refractivity contribution in [3.63, 3.8) is 0 Å². The van der Waals surface area contributed by atoms with E-state index in [1.165, 1.54) is 6.33 Å². The molecule has 82 valence electrons. The summed E-state index contributed by atoms with van der Waals surface area (Å²) in [5.74, 6) is -0.522. The summed E-state index contributed by atoms with van der Waals surface area (Å²) in [7, 11) is 0. The predicted molar refractivity (Wildman–Crippen MR) is 61.7 cm³/mol. The van der Waals surface area contributed by atoms with Crippen LogP contribution in [-0.2, 0) is 4.79 Å². The number of alkyl halides is 1. The van der Waals surface area contributed by atoms with E-state index in [1.54, 1.807) is 18.2 Å². The zero-order valence-corrected chi connectivity index (χ0v) is 8.91. The third kappa shape index (κ3) is 1.90. The highest BCUT2D eigenvalue weighted by molar-refractivity contribution is 6.29. The van der Waals surface area contributed by atoms with Crippen molar-refractivity contribution in [2.24, 2.45) is 0 Å². The van der Waals surface area contributed by atoms with Gasteiger partial charge in [0.15, 0.2) is 0 Å². The number of H-pyrrole nitrogens is 1. The lowest BCUT2D eigenvalue weighted by Crippen LogP contribution is -2.16. The molecule has 0 radical (unpaired) electrons. The van der Waals surface area contributed by atoms with Gasteiger partial charge in [-0.2, -0.15) is 0 Å². The van der Waals surface area contributed by atoms with Crippen molar-refractivity contribution in [1.82, 2.24) is 9.97 Å². The molecule has 0 fully saturated rings. The van der Waals surface area contributed by atoms with E-state index in [-0.39, 0.29) is 17.3 Å². The topological polar surface area (TPSA) is 74.8 Å². The van der Waals surface area contributed by atoms with Gasteiger partial charge in [0.2, 0.25) is 5.91 Å². The molecule has 1 heterocycles. The third-order valence-electron chi connectivity index (χ3n) is 2.06. The van der Waals surface area contributed by atoms with Crippen LogP contribution in [0.3, 0.4) is 0 Å². The number of carbonyl (C=O) groups is 1. The van der Waals surface area contributed by atoms with Gasteiger partial charge in [-0.05, 0) is 12.1 Å². The zero-order chi connectivity index (χ0) is 11.5. The molecule has 0 aliphatic heterocycles. The monoisotopic (exact) mass is 237 g/mol. The van der Waals surface area contributed by atoms with E-state index in [1.807, 2.05) is 0 Å². The molecule has 0 saturated heterocycles. The molecule has 1 amide bonds. The van der Waals surface area contributed by atoms with Gasteiger partial charge in [0.05, 0.1) is 22.9 Å². The van der Waals surface area contributed by atoms with E-state index in [2.05, 4.69) is 15.3 Å². The maximum absolute atomic E-state index is 11.6. The Bertz CT molecular complexity index is 589. The molecule has 6 heteroatoms. The lowest BCUT2D eigenvalue weighted by atomic mass is 10.2. The number of aromatic nitrogens is 2. The highest BCUT2D eigenvalue weighted by Crippen LogP contribution is 2.17. The second-order valence-electron chi connectivity index (χ2n) is 3.11. The molecule has 16 heavy (non-hydrogen) atoms. The Kier molecular flexibility index (Phi) is 2.87. The first-order valence-corrected chi connectivity index (χ1v) is 5.08. The van der Waals surface area contributed by atoms with Gasteiger partial charge in [0.25, 0.3) is 5.56 Å². The Balaban J connectivity index is 2.61. The SMILES string of the molecule is O=C(CCl)Nc1cccc2nc[nH]c(=O)c12. The number of hydrogen-bond donors (Lipinski definition) is 2. The van der Waals surface area contributed by atoms with Crippen molar-refractivity contribution in [1.29, 1.82) is 0 Å². The number of carbonyl (C=O) groups excluding carboxylic acids is 1. The maximum atomic E-state index is 11.6. The van der Waals surface area contributed by atoms with Crippen LogP contribution in [0.4, 0.5) is 5.69 Å². The van der Waals surface area contributed by atoms with Gasteiger partial charge in [-0.1, -0.05) is 6.07 Å². The first-order chi connectivity index (χ1) is 7.72. The van der Waals surface area contributed by atoms with Crippen molar-refractivity contribution in [2.45, 2.75) is 0 Å². The highest BCUT2D eigenvalue weighted by Gasteiger charge is 2.07. The van der Waals surface area contributed by atoms with Crippen LogP contribution in [0, 0.1) is 0 Å². The second-order valence-corrected chi connectivity index (χ2v) is 3.38. The first-order valence-electron chi connectivity index (χ1n) is 4.54. The average molecular weight is 238 g/mol. The van der Waals surface area contributed by atoms with Crippen LogP contribution in [0.1, 0.15) is 0 Å². The Labute approximate surface area is 95.5 Å². The third-order valence-corrected chi connectivity index (χ3v) is 2.31. The largest absolute Gasteiger partial charge is 0.324 e. The van der Waals surface area contributed by atoms with Gasteiger partial charge >= 0.3 is 0 Å². The van der Waals surface area contributed by atoms with Crippen molar-refractivity contribution in [3.8, 4) is 0 Å². The van der Waals surface area contributed by atoms with Crippen LogP contribution in [0.25, 0.3) is 10.9 Å². The van der Waals surface area contributed by atoms with Crippen LogP contribution >= 0.6 is 11.6 Å². The van der Waals surface area contributed by atoms with Gasteiger partial charge in [-0.3, -0.25) is 9.59 Å². The second kappa shape index (κ2) is 4.32. The zero-order valence-electron chi connectivity index (χ0n) is 8.16. The van der Waals surface area contributed by atoms with Crippen molar-refractivity contribution in [3.05, 3.63) is 34.9 Å². The molecule has 2 aromatic rings. The lowest BCUT2D eigenvalue weighted by molar-refractivity contribution is -0.113. The smallest absolute Gasteiger partial charge is 0.260 e. The van der Waals surface area contributed by atoms with E-state index in [0.29, 0.717) is 16.6 Å². The number of rotatable bonds is 2. The number of nitrogens with zero attached hydrogens (tertiary/aromatic N) is 1. The molecule has 2 N–H and O–H groups in total. The molecule has 0 aliphatic rings. The molecule has 0 atom stereocenters. The summed E-state index contributed by atoms with van der Waals surface area (Å²) in [5, 5.41) is 2.89. The highest BCUT2D eigenvalue weighted by atomic mass is 35.5. The number of aromatic amines is 1. The Morgan fingerprint density at radius 2 is 2.31 bits per heavy atom. The van der Waals surface area contributed by atoms with E-state index in [0.717, 1.165) is 0 Å². The van der Waals surface area contributed by atoms with Crippen LogP contribution in [0.15, 0.2) is 29.3 Å². The van der Waals surface area contributed by atoms with Gasteiger partial charge in [-0.25, -0.2) is 4.98 Å². The van der Waals surface area contributed by atoms with E-state index < -0.39 is 0 Å². The number of nitrogens with one attached hydrogen (secondary N) is 2. The van der Waals surface area contributed by atoms with Crippen LogP contribution in [-0.4, -0.2) is 21.8 Å². The number of fused-ring (bicyclic) bond motifs is 1. The molecule has 1 aromatic carbocycles. The molecule has 5 nitrogen and oxygen atoms in total. The number of hydrogen-bond acceptors (Lipinski definition) is 3. The van der Waals surface area contributed by atoms with Crippen LogP contribution in [0.5, 0.6) is 0 Å². The van der Waals surface area contributed by atoms with Gasteiger partial charge in [-0.15, -0.1) is 11.6 Å². The molecule has 0 unspecified atom stereocenters. The van der Waals surface area contributed by atoms with Crippen molar-refractivity contribution >= 4 is 34.1 Å². The molecule has 0 spiro atoms. The standard InChI is InChI=1S/C10H8ClN3O2/c11-4-8(15)14-7-3-1-2-6-9(7)10(16)13-5-12-6/h1-3,5H,4H2,(H,14,15)(H,12,13,16). The van der Waals surface area contributed by atoms with Crippen molar-refractivity contribution in [2.75, 3.05) is 11.2 Å². The van der Waals surface area contributed by atoms with Crippen LogP contribution in [0.2, 0.25) is 0 Å². The molecule has 0 saturated carbocycles. The lowest BCUT2D eigenvalue weighted by Gasteiger charge is -2.05. The van der Waals surface area contributed by atoms with E-state index >= 15 is 0 Å². The summed E-state index contributed by atoms with van der Waals surface area (Å²) in [6.45, 7) is 0. The molecule has 1 aromatic heterocycles. The number of halogens is 1. The minimum absolute atomic E-state index is 0.158. The van der Waals surface area contributed by atoms with Gasteiger partial charge < -0.3 is 10.3 Å². The fourth-order valence-electron chi connectivity index (χ4n) is 1.41. The summed E-state index contributed by atoms with van der Waals surface area (Å²) in [4.78, 5) is 29.2. The number of amides is 1. The van der Waals surface area contributed by atoms with Crippen LogP contribution < -0.4 is 10.9 Å².